The van der Waals surface area contributed by atoms with E-state index in [-0.39, 0.29) is 18.6 Å². The van der Waals surface area contributed by atoms with Gasteiger partial charge in [0, 0.05) is 6.42 Å². The SMILES string of the molecule is COc1cc([C@@](C#N)(CCC=O)C(C)=O)cc(OC)c1OC. The van der Waals surface area contributed by atoms with Gasteiger partial charge in [-0.1, -0.05) is 0 Å². The van der Waals surface area contributed by atoms with Crippen molar-refractivity contribution in [3.63, 3.8) is 0 Å². The highest BCUT2D eigenvalue weighted by Crippen LogP contribution is 2.42. The summed E-state index contributed by atoms with van der Waals surface area (Å²) in [6.07, 6.45) is 0.887. The third-order valence-electron chi connectivity index (χ3n) is 3.59. The fourth-order valence-corrected chi connectivity index (χ4v) is 2.33. The van der Waals surface area contributed by atoms with Crippen molar-refractivity contribution in [2.45, 2.75) is 25.2 Å². The Hall–Kier alpha value is -2.55. The molecule has 118 valence electrons. The molecule has 0 saturated heterocycles. The molecule has 0 spiro atoms. The van der Waals surface area contributed by atoms with E-state index in [1.54, 1.807) is 12.1 Å². The topological polar surface area (TPSA) is 85.6 Å². The van der Waals surface area contributed by atoms with Crippen LogP contribution in [0, 0.1) is 11.3 Å². The fourth-order valence-electron chi connectivity index (χ4n) is 2.33. The Balaban J connectivity index is 3.59. The van der Waals surface area contributed by atoms with Gasteiger partial charge in [0.05, 0.1) is 27.4 Å². The van der Waals surface area contributed by atoms with E-state index < -0.39 is 5.41 Å². The molecule has 1 aromatic rings. The maximum absolute atomic E-state index is 12.1. The van der Waals surface area contributed by atoms with Crippen molar-refractivity contribution in [1.82, 2.24) is 0 Å². The second kappa shape index (κ2) is 7.46. The molecule has 0 saturated carbocycles. The summed E-state index contributed by atoms with van der Waals surface area (Å²) in [5.74, 6) is 0.735. The Morgan fingerprint density at radius 2 is 1.77 bits per heavy atom. The summed E-state index contributed by atoms with van der Waals surface area (Å²) in [7, 11) is 4.37. The minimum absolute atomic E-state index is 0.0982. The number of hydrogen-bond acceptors (Lipinski definition) is 6. The van der Waals surface area contributed by atoms with Crippen molar-refractivity contribution in [1.29, 1.82) is 5.26 Å². The second-order valence-electron chi connectivity index (χ2n) is 4.69. The van der Waals surface area contributed by atoms with Gasteiger partial charge in [-0.25, -0.2) is 0 Å². The smallest absolute Gasteiger partial charge is 0.203 e. The van der Waals surface area contributed by atoms with Gasteiger partial charge in [0.1, 0.15) is 11.7 Å². The van der Waals surface area contributed by atoms with E-state index in [9.17, 15) is 14.9 Å². The molecule has 0 radical (unpaired) electrons. The van der Waals surface area contributed by atoms with E-state index in [2.05, 4.69) is 0 Å². The van der Waals surface area contributed by atoms with Crippen molar-refractivity contribution < 1.29 is 23.8 Å². The van der Waals surface area contributed by atoms with Crippen LogP contribution in [0.1, 0.15) is 25.3 Å². The van der Waals surface area contributed by atoms with Crippen LogP contribution in [0.4, 0.5) is 0 Å². The number of carbonyl (C=O) groups excluding carboxylic acids is 2. The van der Waals surface area contributed by atoms with E-state index in [0.29, 0.717) is 29.1 Å². The molecule has 0 aliphatic rings. The molecule has 0 fully saturated rings. The Kier molecular flexibility index (Phi) is 5.93. The third kappa shape index (κ3) is 3.03. The van der Waals surface area contributed by atoms with Gasteiger partial charge >= 0.3 is 0 Å². The van der Waals surface area contributed by atoms with Gasteiger partial charge in [0.25, 0.3) is 0 Å². The monoisotopic (exact) mass is 305 g/mol. The zero-order valence-corrected chi connectivity index (χ0v) is 13.1. The van der Waals surface area contributed by atoms with Gasteiger partial charge in [-0.05, 0) is 31.0 Å². The zero-order chi connectivity index (χ0) is 16.8. The van der Waals surface area contributed by atoms with Gasteiger partial charge in [0.2, 0.25) is 5.75 Å². The second-order valence-corrected chi connectivity index (χ2v) is 4.69. The highest BCUT2D eigenvalue weighted by Gasteiger charge is 2.38. The Morgan fingerprint density at radius 1 is 1.23 bits per heavy atom. The minimum Gasteiger partial charge on any atom is -0.493 e. The molecule has 0 aromatic heterocycles. The van der Waals surface area contributed by atoms with Gasteiger partial charge in [-0.3, -0.25) is 4.79 Å². The highest BCUT2D eigenvalue weighted by atomic mass is 16.5. The summed E-state index contributed by atoms with van der Waals surface area (Å²) in [5, 5.41) is 9.58. The standard InChI is InChI=1S/C16H19NO5/c1-11(19)16(10-17,6-5-7-18)12-8-13(20-2)15(22-4)14(9-12)21-3/h7-9H,5-6H2,1-4H3/t16-/m1/s1. The number of ether oxygens (including phenoxy) is 3. The molecule has 6 heteroatoms. The van der Waals surface area contributed by atoms with Gasteiger partial charge < -0.3 is 19.0 Å². The summed E-state index contributed by atoms with van der Waals surface area (Å²) < 4.78 is 15.7. The molecule has 0 amide bonds. The van der Waals surface area contributed by atoms with Crippen LogP contribution >= 0.6 is 0 Å². The fraction of sp³-hybridized carbons (Fsp3) is 0.438. The van der Waals surface area contributed by atoms with Crippen LogP contribution in [0.15, 0.2) is 12.1 Å². The van der Waals surface area contributed by atoms with Crippen molar-refractivity contribution in [3.05, 3.63) is 17.7 Å². The Morgan fingerprint density at radius 3 is 2.09 bits per heavy atom. The van der Waals surface area contributed by atoms with E-state index in [1.807, 2.05) is 6.07 Å². The quantitative estimate of drug-likeness (QED) is 0.683. The van der Waals surface area contributed by atoms with Crippen LogP contribution in [0.2, 0.25) is 0 Å². The predicted molar refractivity (Wildman–Crippen MR) is 79.4 cm³/mol. The van der Waals surface area contributed by atoms with E-state index in [1.165, 1.54) is 28.3 Å². The van der Waals surface area contributed by atoms with E-state index in [0.717, 1.165) is 0 Å². The summed E-state index contributed by atoms with van der Waals surface area (Å²) in [6, 6.07) is 5.18. The molecular formula is C16H19NO5. The van der Waals surface area contributed by atoms with Gasteiger partial charge in [-0.15, -0.1) is 0 Å². The van der Waals surface area contributed by atoms with Crippen LogP contribution in [0.25, 0.3) is 0 Å². The van der Waals surface area contributed by atoms with Gasteiger partial charge in [0.15, 0.2) is 17.3 Å². The molecule has 1 atom stereocenters. The largest absolute Gasteiger partial charge is 0.493 e. The molecule has 0 aliphatic carbocycles. The number of carbonyl (C=O) groups is 2. The van der Waals surface area contributed by atoms with Crippen LogP contribution in [0.3, 0.4) is 0 Å². The average Bonchev–Trinajstić information content (AvgIpc) is 2.54. The average molecular weight is 305 g/mol. The lowest BCUT2D eigenvalue weighted by Gasteiger charge is -2.25. The normalized spacial score (nSPS) is 12.7. The molecular weight excluding hydrogens is 286 g/mol. The summed E-state index contributed by atoms with van der Waals surface area (Å²) >= 11 is 0. The van der Waals surface area contributed by atoms with Crippen molar-refractivity contribution in [2.24, 2.45) is 0 Å². The predicted octanol–water partition coefficient (Wildman–Crippen LogP) is 2.04. The highest BCUT2D eigenvalue weighted by molar-refractivity contribution is 5.92. The first-order chi connectivity index (χ1) is 10.5. The number of ketones is 1. The number of hydrogen-bond donors (Lipinski definition) is 0. The first kappa shape index (κ1) is 17.5. The van der Waals surface area contributed by atoms with Crippen molar-refractivity contribution in [3.8, 4) is 23.3 Å². The minimum atomic E-state index is -1.42. The number of aldehydes is 1. The molecule has 0 heterocycles. The lowest BCUT2D eigenvalue weighted by molar-refractivity contribution is -0.121. The molecule has 1 aromatic carbocycles. The molecule has 1 rings (SSSR count). The lowest BCUT2D eigenvalue weighted by Crippen LogP contribution is -2.32. The van der Waals surface area contributed by atoms with Crippen LogP contribution in [-0.2, 0) is 15.0 Å². The summed E-state index contributed by atoms with van der Waals surface area (Å²) in [6.45, 7) is 1.33. The van der Waals surface area contributed by atoms with E-state index in [4.69, 9.17) is 14.2 Å². The number of nitriles is 1. The third-order valence-corrected chi connectivity index (χ3v) is 3.59. The zero-order valence-electron chi connectivity index (χ0n) is 13.1. The number of methoxy groups -OCH3 is 3. The molecule has 0 aliphatic heterocycles. The first-order valence-corrected chi connectivity index (χ1v) is 6.67. The van der Waals surface area contributed by atoms with Gasteiger partial charge in [-0.2, -0.15) is 5.26 Å². The molecule has 6 nitrogen and oxygen atoms in total. The number of nitrogens with zero attached hydrogens (tertiary/aromatic N) is 1. The molecule has 0 bridgehead atoms. The molecule has 0 N–H and O–H groups in total. The Labute approximate surface area is 129 Å². The van der Waals surface area contributed by atoms with E-state index >= 15 is 0 Å². The maximum atomic E-state index is 12.1. The van der Waals surface area contributed by atoms with Crippen LogP contribution in [-0.4, -0.2) is 33.4 Å². The number of benzene rings is 1. The number of rotatable bonds is 8. The lowest BCUT2D eigenvalue weighted by atomic mass is 9.75. The first-order valence-electron chi connectivity index (χ1n) is 6.67. The van der Waals surface area contributed by atoms with Crippen molar-refractivity contribution >= 4 is 12.1 Å². The number of Topliss-reactive ketones (excluding diaryl/α,β-unsaturated/α-hetero) is 1. The van der Waals surface area contributed by atoms with Crippen LogP contribution < -0.4 is 14.2 Å². The molecule has 0 unspecified atom stereocenters. The molecule has 22 heavy (non-hydrogen) atoms. The summed E-state index contributed by atoms with van der Waals surface area (Å²) in [4.78, 5) is 22.8. The van der Waals surface area contributed by atoms with Crippen LogP contribution in [0.5, 0.6) is 17.2 Å². The maximum Gasteiger partial charge on any atom is 0.203 e. The Bertz CT molecular complexity index is 580. The summed E-state index contributed by atoms with van der Waals surface area (Å²) in [5.41, 5.74) is -1.01. The van der Waals surface area contributed by atoms with Crippen molar-refractivity contribution in [2.75, 3.05) is 21.3 Å².